The lowest BCUT2D eigenvalue weighted by molar-refractivity contribution is 0.136. The molecule has 1 saturated carbocycles. The number of alkyl carbamates (subject to hydrolysis) is 1. The van der Waals surface area contributed by atoms with Crippen LogP contribution in [0.15, 0.2) is 42.5 Å². The normalized spacial score (nSPS) is 17.8. The molecule has 1 heterocycles. The molecule has 1 unspecified atom stereocenters. The van der Waals surface area contributed by atoms with Gasteiger partial charge in [0.15, 0.2) is 16.6 Å². The van der Waals surface area contributed by atoms with Crippen molar-refractivity contribution < 1.29 is 19.0 Å². The van der Waals surface area contributed by atoms with Crippen LogP contribution in [0.25, 0.3) is 0 Å². The van der Waals surface area contributed by atoms with E-state index in [4.69, 9.17) is 26.4 Å². The van der Waals surface area contributed by atoms with Gasteiger partial charge in [-0.1, -0.05) is 49.6 Å². The molecule has 1 aliphatic carbocycles. The third-order valence-corrected chi connectivity index (χ3v) is 7.20. The van der Waals surface area contributed by atoms with E-state index in [1.807, 2.05) is 42.5 Å². The molecule has 2 N–H and O–H groups in total. The van der Waals surface area contributed by atoms with Crippen molar-refractivity contribution in [3.63, 3.8) is 0 Å². The molecule has 0 aromatic heterocycles. The topological polar surface area (TPSA) is 72.1 Å². The molecule has 0 spiro atoms. The van der Waals surface area contributed by atoms with Crippen LogP contribution < -0.4 is 20.1 Å². The van der Waals surface area contributed by atoms with Crippen LogP contribution in [0.3, 0.4) is 0 Å². The molecule has 188 valence electrons. The van der Waals surface area contributed by atoms with Crippen LogP contribution in [0.2, 0.25) is 0 Å². The zero-order valence-corrected chi connectivity index (χ0v) is 21.4. The van der Waals surface area contributed by atoms with Gasteiger partial charge in [0, 0.05) is 19.1 Å². The summed E-state index contributed by atoms with van der Waals surface area (Å²) in [6.45, 7) is 1.35. The minimum Gasteiger partial charge on any atom is -0.493 e. The van der Waals surface area contributed by atoms with E-state index in [-0.39, 0.29) is 12.6 Å². The van der Waals surface area contributed by atoms with Crippen LogP contribution >= 0.6 is 12.2 Å². The van der Waals surface area contributed by atoms with Gasteiger partial charge in [0.2, 0.25) is 0 Å². The Bertz CT molecular complexity index is 1010. The molecule has 1 amide bonds. The highest BCUT2D eigenvalue weighted by Gasteiger charge is 2.32. The largest absolute Gasteiger partial charge is 0.493 e. The molecule has 8 heteroatoms. The van der Waals surface area contributed by atoms with Crippen molar-refractivity contribution in [3.8, 4) is 11.5 Å². The minimum atomic E-state index is -0.451. The number of thiocarbonyl (C=S) groups is 1. The summed E-state index contributed by atoms with van der Waals surface area (Å²) < 4.78 is 16.5. The van der Waals surface area contributed by atoms with Gasteiger partial charge in [-0.2, -0.15) is 0 Å². The van der Waals surface area contributed by atoms with Crippen molar-refractivity contribution in [2.45, 2.75) is 57.2 Å². The fraction of sp³-hybridized carbons (Fsp3) is 0.481. The third-order valence-electron chi connectivity index (χ3n) is 6.85. The van der Waals surface area contributed by atoms with Gasteiger partial charge in [-0.15, -0.1) is 0 Å². The summed E-state index contributed by atoms with van der Waals surface area (Å²) in [6, 6.07) is 14.0. The summed E-state index contributed by atoms with van der Waals surface area (Å²) >= 11 is 5.88. The van der Waals surface area contributed by atoms with Crippen LogP contribution in [0.5, 0.6) is 11.5 Å². The predicted octanol–water partition coefficient (Wildman–Crippen LogP) is 4.74. The maximum absolute atomic E-state index is 12.5. The molecule has 1 aliphatic heterocycles. The quantitative estimate of drug-likeness (QED) is 0.536. The third kappa shape index (κ3) is 6.36. The first kappa shape index (κ1) is 25.1. The van der Waals surface area contributed by atoms with Crippen LogP contribution in [-0.2, 0) is 17.8 Å². The smallest absolute Gasteiger partial charge is 0.407 e. The van der Waals surface area contributed by atoms with Crippen molar-refractivity contribution in [2.24, 2.45) is 0 Å². The number of ether oxygens (including phenoxy) is 3. The number of carbonyl (C=O) groups is 1. The Labute approximate surface area is 213 Å². The molecule has 1 atom stereocenters. The number of nitrogens with one attached hydrogen (secondary N) is 2. The fourth-order valence-electron chi connectivity index (χ4n) is 4.95. The van der Waals surface area contributed by atoms with Crippen LogP contribution in [0, 0.1) is 0 Å². The predicted molar refractivity (Wildman–Crippen MR) is 140 cm³/mol. The van der Waals surface area contributed by atoms with Crippen LogP contribution in [0.4, 0.5) is 4.79 Å². The summed E-state index contributed by atoms with van der Waals surface area (Å²) in [5.74, 6) is 1.37. The number of hydrogen-bond donors (Lipinski definition) is 2. The second-order valence-electron chi connectivity index (χ2n) is 9.09. The Morgan fingerprint density at radius 3 is 2.49 bits per heavy atom. The SMILES string of the molecule is COc1cc2c(cc1OC)C(CNC(=O)OCc1ccccc1)N(C(=S)NC1CCCCC1)CC2. The number of hydrogen-bond acceptors (Lipinski definition) is 5. The molecule has 1 fully saturated rings. The van der Waals surface area contributed by atoms with Crippen molar-refractivity contribution in [1.29, 1.82) is 0 Å². The van der Waals surface area contributed by atoms with Gasteiger partial charge < -0.3 is 29.7 Å². The number of carbonyl (C=O) groups excluding carboxylic acids is 1. The Kier molecular flexibility index (Phi) is 8.69. The van der Waals surface area contributed by atoms with E-state index >= 15 is 0 Å². The van der Waals surface area contributed by atoms with Crippen molar-refractivity contribution in [2.75, 3.05) is 27.3 Å². The lowest BCUT2D eigenvalue weighted by Crippen LogP contribution is -2.51. The molecule has 35 heavy (non-hydrogen) atoms. The Balaban J connectivity index is 1.49. The van der Waals surface area contributed by atoms with E-state index in [2.05, 4.69) is 15.5 Å². The van der Waals surface area contributed by atoms with Crippen LogP contribution in [-0.4, -0.2) is 49.5 Å². The van der Waals surface area contributed by atoms with Gasteiger partial charge >= 0.3 is 6.09 Å². The Morgan fingerprint density at radius 1 is 1.06 bits per heavy atom. The first-order valence-electron chi connectivity index (χ1n) is 12.4. The maximum Gasteiger partial charge on any atom is 0.407 e. The molecule has 7 nitrogen and oxygen atoms in total. The van der Waals surface area contributed by atoms with E-state index in [1.54, 1.807) is 14.2 Å². The van der Waals surface area contributed by atoms with E-state index in [9.17, 15) is 4.79 Å². The Hall–Kier alpha value is -3.00. The molecule has 2 aromatic carbocycles. The highest BCUT2D eigenvalue weighted by molar-refractivity contribution is 7.80. The zero-order chi connectivity index (χ0) is 24.6. The average Bonchev–Trinajstić information content (AvgIpc) is 2.90. The maximum atomic E-state index is 12.5. The summed E-state index contributed by atoms with van der Waals surface area (Å²) in [5, 5.41) is 7.29. The van der Waals surface area contributed by atoms with Gasteiger partial charge in [-0.3, -0.25) is 0 Å². The Morgan fingerprint density at radius 2 is 1.77 bits per heavy atom. The molecule has 0 saturated heterocycles. The zero-order valence-electron chi connectivity index (χ0n) is 20.5. The lowest BCUT2D eigenvalue weighted by atomic mass is 9.91. The molecule has 4 rings (SSSR count). The summed E-state index contributed by atoms with van der Waals surface area (Å²) in [5.41, 5.74) is 3.19. The summed E-state index contributed by atoms with van der Waals surface area (Å²) in [6.07, 6.45) is 6.43. The monoisotopic (exact) mass is 497 g/mol. The number of nitrogens with zero attached hydrogens (tertiary/aromatic N) is 1. The first-order valence-corrected chi connectivity index (χ1v) is 12.8. The number of benzene rings is 2. The van der Waals surface area contributed by atoms with E-state index in [0.29, 0.717) is 24.1 Å². The van der Waals surface area contributed by atoms with E-state index < -0.39 is 6.09 Å². The van der Waals surface area contributed by atoms with E-state index in [0.717, 1.165) is 42.0 Å². The first-order chi connectivity index (χ1) is 17.1. The van der Waals surface area contributed by atoms with Gasteiger partial charge in [0.05, 0.1) is 20.3 Å². The number of amides is 1. The second kappa shape index (κ2) is 12.1. The molecule has 2 aromatic rings. The highest BCUT2D eigenvalue weighted by Crippen LogP contribution is 2.38. The standard InChI is InChI=1S/C27H35N3O4S/c1-32-24-15-20-13-14-30(26(35)29-21-11-7-4-8-12-21)23(22(20)16-25(24)33-2)17-28-27(31)34-18-19-9-5-3-6-10-19/h3,5-6,9-10,15-16,21,23H,4,7-8,11-14,17-18H2,1-2H3,(H,28,31)(H,29,35). The van der Waals surface area contributed by atoms with Gasteiger partial charge in [0.1, 0.15) is 6.61 Å². The lowest BCUT2D eigenvalue weighted by Gasteiger charge is -2.40. The molecular weight excluding hydrogens is 462 g/mol. The second-order valence-corrected chi connectivity index (χ2v) is 9.48. The molecular formula is C27H35N3O4S. The van der Waals surface area contributed by atoms with Crippen molar-refractivity contribution >= 4 is 23.4 Å². The average molecular weight is 498 g/mol. The number of rotatable bonds is 7. The number of fused-ring (bicyclic) bond motifs is 1. The van der Waals surface area contributed by atoms with E-state index in [1.165, 1.54) is 24.8 Å². The summed E-state index contributed by atoms with van der Waals surface area (Å²) in [7, 11) is 3.28. The summed E-state index contributed by atoms with van der Waals surface area (Å²) in [4.78, 5) is 14.7. The molecule has 0 bridgehead atoms. The van der Waals surface area contributed by atoms with Gasteiger partial charge in [-0.25, -0.2) is 4.79 Å². The fourth-order valence-corrected chi connectivity index (χ4v) is 5.34. The molecule has 2 aliphatic rings. The van der Waals surface area contributed by atoms with Gasteiger partial charge in [0.25, 0.3) is 0 Å². The van der Waals surface area contributed by atoms with Crippen LogP contribution in [0.1, 0.15) is 54.8 Å². The van der Waals surface area contributed by atoms with Crippen molar-refractivity contribution in [3.05, 3.63) is 59.2 Å². The van der Waals surface area contributed by atoms with Crippen molar-refractivity contribution in [1.82, 2.24) is 15.5 Å². The minimum absolute atomic E-state index is 0.147. The molecule has 0 radical (unpaired) electrons. The van der Waals surface area contributed by atoms with Gasteiger partial charge in [-0.05, 0) is 60.3 Å². The number of methoxy groups -OCH3 is 2. The highest BCUT2D eigenvalue weighted by atomic mass is 32.1.